The van der Waals surface area contributed by atoms with Crippen LogP contribution >= 0.6 is 11.8 Å². The van der Waals surface area contributed by atoms with Crippen molar-refractivity contribution in [1.82, 2.24) is 24.9 Å². The van der Waals surface area contributed by atoms with Crippen molar-refractivity contribution in [2.45, 2.75) is 55.7 Å². The first-order valence-electron chi connectivity index (χ1n) is 11.2. The second-order valence-corrected chi connectivity index (χ2v) is 9.05. The van der Waals surface area contributed by atoms with Crippen LogP contribution < -0.4 is 9.64 Å². The van der Waals surface area contributed by atoms with Crippen LogP contribution in [0.1, 0.15) is 38.0 Å². The van der Waals surface area contributed by atoms with Gasteiger partial charge in [-0.3, -0.25) is 4.57 Å². The largest absolute Gasteiger partial charge is 0.497 e. The summed E-state index contributed by atoms with van der Waals surface area (Å²) in [6, 6.07) is 7.61. The topological polar surface area (TPSA) is 91.3 Å². The number of hydrogen-bond acceptors (Lipinski definition) is 9. The van der Waals surface area contributed by atoms with E-state index < -0.39 is 0 Å². The number of methoxy groups -OCH3 is 1. The molecule has 0 aliphatic carbocycles. The Morgan fingerprint density at radius 3 is 2.69 bits per heavy atom. The molecule has 0 spiro atoms. The van der Waals surface area contributed by atoms with Gasteiger partial charge >= 0.3 is 0 Å². The molecule has 2 aliphatic rings. The van der Waals surface area contributed by atoms with Crippen LogP contribution in [0.5, 0.6) is 5.75 Å². The van der Waals surface area contributed by atoms with E-state index in [1.807, 2.05) is 24.3 Å². The van der Waals surface area contributed by atoms with Crippen molar-refractivity contribution in [3.05, 3.63) is 30.2 Å². The highest BCUT2D eigenvalue weighted by Crippen LogP contribution is 2.29. The van der Waals surface area contributed by atoms with Crippen molar-refractivity contribution in [3.8, 4) is 17.1 Å². The van der Waals surface area contributed by atoms with Crippen molar-refractivity contribution in [2.75, 3.05) is 31.7 Å². The molecule has 0 amide bonds. The van der Waals surface area contributed by atoms with Crippen LogP contribution in [0, 0.1) is 0 Å². The molecule has 2 fully saturated rings. The molecule has 170 valence electrons. The molecule has 2 saturated heterocycles. The first kappa shape index (κ1) is 21.3. The van der Waals surface area contributed by atoms with Crippen molar-refractivity contribution < 1.29 is 14.0 Å². The van der Waals surface area contributed by atoms with Gasteiger partial charge in [0, 0.05) is 25.3 Å². The van der Waals surface area contributed by atoms with Crippen LogP contribution in [0.25, 0.3) is 11.4 Å². The molecule has 2 aliphatic heterocycles. The lowest BCUT2D eigenvalue weighted by Gasteiger charge is -2.28. The zero-order valence-electron chi connectivity index (χ0n) is 18.3. The number of benzene rings is 1. The van der Waals surface area contributed by atoms with Crippen LogP contribution in [0.4, 0.5) is 5.95 Å². The van der Waals surface area contributed by atoms with Gasteiger partial charge in [-0.1, -0.05) is 16.9 Å². The second kappa shape index (κ2) is 9.91. The number of rotatable bonds is 8. The fourth-order valence-corrected chi connectivity index (χ4v) is 4.94. The zero-order valence-corrected chi connectivity index (χ0v) is 19.1. The Hall–Kier alpha value is -2.59. The van der Waals surface area contributed by atoms with Gasteiger partial charge in [-0.2, -0.15) is 4.98 Å². The number of ether oxygens (including phenoxy) is 2. The summed E-state index contributed by atoms with van der Waals surface area (Å²) in [5.41, 5.74) is 0.889. The minimum atomic E-state index is 0.221. The Morgan fingerprint density at radius 2 is 1.94 bits per heavy atom. The highest BCUT2D eigenvalue weighted by atomic mass is 32.2. The molecule has 10 heteroatoms. The van der Waals surface area contributed by atoms with Gasteiger partial charge in [-0.15, -0.1) is 10.2 Å². The number of hydrogen-bond donors (Lipinski definition) is 0. The maximum Gasteiger partial charge on any atom is 0.237 e. The molecule has 32 heavy (non-hydrogen) atoms. The third kappa shape index (κ3) is 4.75. The van der Waals surface area contributed by atoms with E-state index in [0.717, 1.165) is 61.5 Å². The summed E-state index contributed by atoms with van der Waals surface area (Å²) in [5, 5.41) is 14.0. The van der Waals surface area contributed by atoms with E-state index in [-0.39, 0.29) is 6.10 Å². The molecule has 2 aromatic heterocycles. The van der Waals surface area contributed by atoms with Gasteiger partial charge in [0.15, 0.2) is 5.16 Å². The first-order valence-corrected chi connectivity index (χ1v) is 12.2. The Balaban J connectivity index is 1.30. The summed E-state index contributed by atoms with van der Waals surface area (Å²) in [5.74, 6) is 3.41. The third-order valence-electron chi connectivity index (χ3n) is 5.89. The highest BCUT2D eigenvalue weighted by Gasteiger charge is 2.25. The van der Waals surface area contributed by atoms with Crippen LogP contribution in [0.2, 0.25) is 0 Å². The molecular weight excluding hydrogens is 428 g/mol. The molecule has 0 radical (unpaired) electrons. The van der Waals surface area contributed by atoms with Gasteiger partial charge in [-0.25, -0.2) is 0 Å². The zero-order chi connectivity index (χ0) is 21.8. The molecule has 1 unspecified atom stereocenters. The van der Waals surface area contributed by atoms with Crippen LogP contribution in [0.15, 0.2) is 33.9 Å². The van der Waals surface area contributed by atoms with Crippen molar-refractivity contribution in [3.63, 3.8) is 0 Å². The quantitative estimate of drug-likeness (QED) is 0.469. The van der Waals surface area contributed by atoms with E-state index >= 15 is 0 Å². The molecule has 0 bridgehead atoms. The highest BCUT2D eigenvalue weighted by molar-refractivity contribution is 7.98. The number of nitrogens with zero attached hydrogens (tertiary/aromatic N) is 6. The summed E-state index contributed by atoms with van der Waals surface area (Å²) in [7, 11) is 1.65. The van der Waals surface area contributed by atoms with Crippen LogP contribution in [0.3, 0.4) is 0 Å². The van der Waals surface area contributed by atoms with E-state index in [9.17, 15) is 0 Å². The molecular formula is C22H28N6O3S. The Labute approximate surface area is 191 Å². The Morgan fingerprint density at radius 1 is 1.09 bits per heavy atom. The molecule has 9 nitrogen and oxygen atoms in total. The molecule has 0 saturated carbocycles. The number of aromatic nitrogens is 5. The predicted octanol–water partition coefficient (Wildman–Crippen LogP) is 3.80. The van der Waals surface area contributed by atoms with Gasteiger partial charge in [-0.05, 0) is 56.4 Å². The number of piperidine rings is 1. The first-order chi connectivity index (χ1) is 15.8. The van der Waals surface area contributed by atoms with Crippen molar-refractivity contribution >= 4 is 17.7 Å². The minimum Gasteiger partial charge on any atom is -0.497 e. The molecule has 0 N–H and O–H groups in total. The lowest BCUT2D eigenvalue weighted by atomic mass is 10.1. The summed E-state index contributed by atoms with van der Waals surface area (Å²) in [6.07, 6.45) is 6.10. The average molecular weight is 457 g/mol. The van der Waals surface area contributed by atoms with E-state index in [1.54, 1.807) is 18.9 Å². The van der Waals surface area contributed by atoms with Crippen LogP contribution in [-0.2, 0) is 17.0 Å². The van der Waals surface area contributed by atoms with E-state index in [2.05, 4.69) is 29.8 Å². The van der Waals surface area contributed by atoms with Gasteiger partial charge in [0.2, 0.25) is 17.7 Å². The molecule has 5 rings (SSSR count). The average Bonchev–Trinajstić information content (AvgIpc) is 3.60. The standard InChI is InChI=1S/C22H28N6O3S/c1-29-17-9-7-16(8-10-17)20-23-19(31-26-20)15-32-22-25-24-21(27-11-3-2-4-12-27)28(22)14-18-6-5-13-30-18/h7-10,18H,2-6,11-15H2,1H3. The maximum absolute atomic E-state index is 5.90. The van der Waals surface area contributed by atoms with E-state index in [0.29, 0.717) is 17.5 Å². The van der Waals surface area contributed by atoms with Gasteiger partial charge in [0.1, 0.15) is 5.75 Å². The molecule has 1 aromatic carbocycles. The Kier molecular flexibility index (Phi) is 6.59. The summed E-state index contributed by atoms with van der Waals surface area (Å²) in [6.45, 7) is 3.68. The fourth-order valence-electron chi connectivity index (χ4n) is 4.16. The van der Waals surface area contributed by atoms with Gasteiger partial charge in [0.25, 0.3) is 0 Å². The minimum absolute atomic E-state index is 0.221. The SMILES string of the molecule is COc1ccc(-c2noc(CSc3nnc(N4CCCCC4)n3CC3CCCO3)n2)cc1. The summed E-state index contributed by atoms with van der Waals surface area (Å²) in [4.78, 5) is 6.90. The lowest BCUT2D eigenvalue weighted by Crippen LogP contribution is -2.33. The normalized spacial score (nSPS) is 18.9. The smallest absolute Gasteiger partial charge is 0.237 e. The number of thioether (sulfide) groups is 1. The van der Waals surface area contributed by atoms with Gasteiger partial charge in [0.05, 0.1) is 25.5 Å². The van der Waals surface area contributed by atoms with Crippen molar-refractivity contribution in [2.24, 2.45) is 0 Å². The second-order valence-electron chi connectivity index (χ2n) is 8.10. The molecule has 1 atom stereocenters. The molecule has 3 aromatic rings. The lowest BCUT2D eigenvalue weighted by molar-refractivity contribution is 0.0951. The Bertz CT molecular complexity index is 1010. The van der Waals surface area contributed by atoms with Crippen LogP contribution in [-0.4, -0.2) is 57.8 Å². The molecule has 4 heterocycles. The van der Waals surface area contributed by atoms with E-state index in [1.165, 1.54) is 19.3 Å². The van der Waals surface area contributed by atoms with Gasteiger partial charge < -0.3 is 18.9 Å². The van der Waals surface area contributed by atoms with Crippen molar-refractivity contribution in [1.29, 1.82) is 0 Å². The van der Waals surface area contributed by atoms with E-state index in [4.69, 9.17) is 14.0 Å². The fraction of sp³-hybridized carbons (Fsp3) is 0.545. The summed E-state index contributed by atoms with van der Waals surface area (Å²) < 4.78 is 18.8. The monoisotopic (exact) mass is 456 g/mol. The summed E-state index contributed by atoms with van der Waals surface area (Å²) >= 11 is 1.57. The number of anilines is 1. The predicted molar refractivity (Wildman–Crippen MR) is 121 cm³/mol. The third-order valence-corrected chi connectivity index (χ3v) is 6.84. The maximum atomic E-state index is 5.90.